The van der Waals surface area contributed by atoms with E-state index >= 15 is 0 Å². The number of nitrogens with zero attached hydrogens (tertiary/aromatic N) is 2. The molecule has 0 radical (unpaired) electrons. The topological polar surface area (TPSA) is 17.8 Å². The van der Waals surface area contributed by atoms with Crippen molar-refractivity contribution in [3.8, 4) is 0 Å². The Morgan fingerprint density at radius 3 is 2.59 bits per heavy atom. The van der Waals surface area contributed by atoms with E-state index in [2.05, 4.69) is 5.10 Å². The Morgan fingerprint density at radius 1 is 1.41 bits per heavy atom. The Labute approximate surface area is 94.4 Å². The van der Waals surface area contributed by atoms with Crippen LogP contribution in [0.3, 0.4) is 0 Å². The normalized spacial score (nSPS) is 24.2. The van der Waals surface area contributed by atoms with Gasteiger partial charge in [-0.2, -0.15) is 18.3 Å². The van der Waals surface area contributed by atoms with Crippen molar-refractivity contribution < 1.29 is 22.0 Å². The van der Waals surface area contributed by atoms with E-state index in [0.717, 1.165) is 10.7 Å². The highest BCUT2D eigenvalue weighted by atomic mass is 19.4. The minimum atomic E-state index is -4.48. The zero-order chi connectivity index (χ0) is 12.7. The maximum Gasteiger partial charge on any atom is 0.435 e. The molecular formula is C10H11F5N2. The van der Waals surface area contributed by atoms with Gasteiger partial charge in [-0.25, -0.2) is 8.78 Å². The van der Waals surface area contributed by atoms with Gasteiger partial charge in [0, 0.05) is 25.6 Å². The maximum absolute atomic E-state index is 12.9. The van der Waals surface area contributed by atoms with Crippen molar-refractivity contribution in [1.29, 1.82) is 0 Å². The van der Waals surface area contributed by atoms with Gasteiger partial charge in [0.15, 0.2) is 5.69 Å². The molecule has 0 bridgehead atoms. The minimum Gasteiger partial charge on any atom is -0.272 e. The van der Waals surface area contributed by atoms with Gasteiger partial charge in [-0.05, 0) is 18.4 Å². The Morgan fingerprint density at radius 2 is 2.12 bits per heavy atom. The van der Waals surface area contributed by atoms with Crippen molar-refractivity contribution in [3.05, 3.63) is 18.0 Å². The van der Waals surface area contributed by atoms with Gasteiger partial charge in [-0.3, -0.25) is 4.68 Å². The molecular weight excluding hydrogens is 243 g/mol. The molecule has 0 saturated heterocycles. The van der Waals surface area contributed by atoms with Gasteiger partial charge in [0.25, 0.3) is 0 Å². The number of aromatic nitrogens is 2. The summed E-state index contributed by atoms with van der Waals surface area (Å²) in [4.78, 5) is 0. The van der Waals surface area contributed by atoms with Crippen LogP contribution in [0.5, 0.6) is 0 Å². The first kappa shape index (κ1) is 12.3. The molecule has 17 heavy (non-hydrogen) atoms. The van der Waals surface area contributed by atoms with Crippen LogP contribution in [0.4, 0.5) is 22.0 Å². The molecule has 2 nitrogen and oxygen atoms in total. The summed E-state index contributed by atoms with van der Waals surface area (Å²) in [5.74, 6) is -2.98. The van der Waals surface area contributed by atoms with E-state index in [0.29, 0.717) is 6.42 Å². The maximum atomic E-state index is 12.9. The van der Waals surface area contributed by atoms with E-state index in [4.69, 9.17) is 0 Å². The molecule has 0 aromatic carbocycles. The lowest BCUT2D eigenvalue weighted by atomic mass is 10.1. The van der Waals surface area contributed by atoms with E-state index in [1.807, 2.05) is 0 Å². The average Bonchev–Trinajstić information content (AvgIpc) is 2.72. The molecule has 0 N–H and O–H groups in total. The number of halogens is 5. The number of alkyl halides is 5. The van der Waals surface area contributed by atoms with E-state index in [-0.39, 0.29) is 25.3 Å². The lowest BCUT2D eigenvalue weighted by Crippen LogP contribution is -2.14. The van der Waals surface area contributed by atoms with Crippen LogP contribution in [0.1, 0.15) is 25.0 Å². The second-order valence-electron chi connectivity index (χ2n) is 4.39. The van der Waals surface area contributed by atoms with Gasteiger partial charge < -0.3 is 0 Å². The summed E-state index contributed by atoms with van der Waals surface area (Å²) in [6, 6.07) is 0.854. The lowest BCUT2D eigenvalue weighted by molar-refractivity contribution is -0.141. The highest BCUT2D eigenvalue weighted by molar-refractivity contribution is 5.03. The zero-order valence-electron chi connectivity index (χ0n) is 8.84. The Hall–Kier alpha value is -1.14. The predicted octanol–water partition coefficient (Wildman–Crippen LogP) is 3.34. The summed E-state index contributed by atoms with van der Waals surface area (Å²) in [6.07, 6.45) is -3.43. The second-order valence-corrected chi connectivity index (χ2v) is 4.39. The van der Waals surface area contributed by atoms with E-state index < -0.39 is 17.8 Å². The fourth-order valence-electron chi connectivity index (χ4n) is 2.08. The third-order valence-electron chi connectivity index (χ3n) is 2.88. The molecule has 1 aliphatic carbocycles. The van der Waals surface area contributed by atoms with Crippen LogP contribution in [0.2, 0.25) is 0 Å². The summed E-state index contributed by atoms with van der Waals surface area (Å²) in [6.45, 7) is 0.117. The van der Waals surface area contributed by atoms with Crippen LogP contribution in [0.25, 0.3) is 0 Å². The molecule has 1 heterocycles. The summed E-state index contributed by atoms with van der Waals surface area (Å²) in [5, 5.41) is 3.34. The van der Waals surface area contributed by atoms with Gasteiger partial charge in [0.05, 0.1) is 0 Å². The monoisotopic (exact) mass is 254 g/mol. The highest BCUT2D eigenvalue weighted by Crippen LogP contribution is 2.39. The van der Waals surface area contributed by atoms with E-state index in [1.54, 1.807) is 0 Å². The summed E-state index contributed by atoms with van der Waals surface area (Å²) in [5.41, 5.74) is -0.984. The van der Waals surface area contributed by atoms with Gasteiger partial charge in [-0.15, -0.1) is 0 Å². The van der Waals surface area contributed by atoms with E-state index in [1.165, 1.54) is 6.20 Å². The largest absolute Gasteiger partial charge is 0.435 e. The molecule has 1 saturated carbocycles. The van der Waals surface area contributed by atoms with Crippen LogP contribution in [0, 0.1) is 5.92 Å². The molecule has 96 valence electrons. The van der Waals surface area contributed by atoms with Gasteiger partial charge in [0.1, 0.15) is 0 Å². The van der Waals surface area contributed by atoms with E-state index in [9.17, 15) is 22.0 Å². The number of rotatable bonds is 2. The minimum absolute atomic E-state index is 0.117. The molecule has 0 amide bonds. The molecule has 0 aliphatic heterocycles. The van der Waals surface area contributed by atoms with Crippen molar-refractivity contribution in [2.45, 2.75) is 37.9 Å². The molecule has 1 aromatic heterocycles. The van der Waals surface area contributed by atoms with Crippen LogP contribution in [0.15, 0.2) is 12.3 Å². The SMILES string of the molecule is FC1(F)CCC(Cn2ccc(C(F)(F)F)n2)C1. The average molecular weight is 254 g/mol. The molecule has 2 rings (SSSR count). The van der Waals surface area contributed by atoms with Crippen LogP contribution in [-0.4, -0.2) is 15.7 Å². The second kappa shape index (κ2) is 3.96. The smallest absolute Gasteiger partial charge is 0.272 e. The van der Waals surface area contributed by atoms with Crippen LogP contribution >= 0.6 is 0 Å². The fraction of sp³-hybridized carbons (Fsp3) is 0.700. The van der Waals surface area contributed by atoms with Crippen molar-refractivity contribution in [2.75, 3.05) is 0 Å². The first-order chi connectivity index (χ1) is 7.76. The standard InChI is InChI=1S/C10H11F5N2/c11-9(12)3-1-7(5-9)6-17-4-2-8(16-17)10(13,14)15/h2,4,7H,1,3,5-6H2. The summed E-state index contributed by atoms with van der Waals surface area (Å²) >= 11 is 0. The van der Waals surface area contributed by atoms with Crippen molar-refractivity contribution in [1.82, 2.24) is 9.78 Å². The fourth-order valence-corrected chi connectivity index (χ4v) is 2.08. The van der Waals surface area contributed by atoms with Crippen molar-refractivity contribution in [3.63, 3.8) is 0 Å². The van der Waals surface area contributed by atoms with Crippen molar-refractivity contribution in [2.24, 2.45) is 5.92 Å². The Balaban J connectivity index is 1.99. The molecule has 0 spiro atoms. The van der Waals surface area contributed by atoms with Crippen LogP contribution in [-0.2, 0) is 12.7 Å². The molecule has 1 unspecified atom stereocenters. The first-order valence-electron chi connectivity index (χ1n) is 5.25. The van der Waals surface area contributed by atoms with Crippen LogP contribution < -0.4 is 0 Å². The van der Waals surface area contributed by atoms with Gasteiger partial charge >= 0.3 is 6.18 Å². The predicted molar refractivity (Wildman–Crippen MR) is 49.5 cm³/mol. The zero-order valence-corrected chi connectivity index (χ0v) is 8.84. The summed E-state index contributed by atoms with van der Waals surface area (Å²) < 4.78 is 63.6. The molecule has 1 atom stereocenters. The third-order valence-corrected chi connectivity index (χ3v) is 2.88. The number of hydrogen-bond acceptors (Lipinski definition) is 1. The quantitative estimate of drug-likeness (QED) is 0.740. The Bertz CT molecular complexity index is 396. The molecule has 7 heteroatoms. The first-order valence-corrected chi connectivity index (χ1v) is 5.25. The van der Waals surface area contributed by atoms with Gasteiger partial charge in [0.2, 0.25) is 5.92 Å². The number of hydrogen-bond donors (Lipinski definition) is 0. The molecule has 1 aromatic rings. The molecule has 1 aliphatic rings. The summed E-state index contributed by atoms with van der Waals surface area (Å²) in [7, 11) is 0. The third kappa shape index (κ3) is 2.95. The Kier molecular flexibility index (Phi) is 2.87. The van der Waals surface area contributed by atoms with Crippen molar-refractivity contribution >= 4 is 0 Å². The van der Waals surface area contributed by atoms with Gasteiger partial charge in [-0.1, -0.05) is 0 Å². The molecule has 1 fully saturated rings. The highest BCUT2D eigenvalue weighted by Gasteiger charge is 2.40. The lowest BCUT2D eigenvalue weighted by Gasteiger charge is -2.10.